The second-order valence-corrected chi connectivity index (χ2v) is 5.39. The molecule has 0 spiro atoms. The van der Waals surface area contributed by atoms with Gasteiger partial charge in [-0.15, -0.1) is 0 Å². The van der Waals surface area contributed by atoms with E-state index in [0.717, 1.165) is 19.1 Å². The Morgan fingerprint density at radius 3 is 2.90 bits per heavy atom. The minimum Gasteiger partial charge on any atom is -0.397 e. The van der Waals surface area contributed by atoms with Crippen molar-refractivity contribution in [3.05, 3.63) is 24.3 Å². The number of rotatable bonds is 8. The molecule has 1 aromatic rings. The van der Waals surface area contributed by atoms with Crippen LogP contribution in [0.25, 0.3) is 0 Å². The lowest BCUT2D eigenvalue weighted by molar-refractivity contribution is -0.117. The third-order valence-corrected chi connectivity index (χ3v) is 3.32. The van der Waals surface area contributed by atoms with Crippen molar-refractivity contribution in [3.8, 4) is 0 Å². The summed E-state index contributed by atoms with van der Waals surface area (Å²) in [6.45, 7) is 2.62. The first-order valence-electron chi connectivity index (χ1n) is 7.06. The highest BCUT2D eigenvalue weighted by atomic mass is 16.5. The van der Waals surface area contributed by atoms with Gasteiger partial charge >= 0.3 is 0 Å². The Kier molecular flexibility index (Phi) is 5.38. The van der Waals surface area contributed by atoms with Gasteiger partial charge in [-0.25, -0.2) is 0 Å². The molecule has 3 N–H and O–H groups in total. The second-order valence-electron chi connectivity index (χ2n) is 5.39. The number of para-hydroxylation sites is 2. The first-order valence-corrected chi connectivity index (χ1v) is 7.06. The molecule has 0 heterocycles. The zero-order valence-corrected chi connectivity index (χ0v) is 12.0. The number of likely N-dealkylation sites (N-methyl/N-ethyl adjacent to an activating group) is 1. The lowest BCUT2D eigenvalue weighted by Crippen LogP contribution is -2.32. The van der Waals surface area contributed by atoms with E-state index in [-0.39, 0.29) is 5.91 Å². The van der Waals surface area contributed by atoms with Crippen molar-refractivity contribution in [3.63, 3.8) is 0 Å². The van der Waals surface area contributed by atoms with Crippen LogP contribution in [0.4, 0.5) is 11.4 Å². The molecule has 0 aliphatic heterocycles. The van der Waals surface area contributed by atoms with E-state index in [1.807, 2.05) is 24.1 Å². The fourth-order valence-corrected chi connectivity index (χ4v) is 1.88. The van der Waals surface area contributed by atoms with E-state index in [0.29, 0.717) is 24.5 Å². The molecule has 0 saturated heterocycles. The number of nitrogens with two attached hydrogens (primary N) is 1. The smallest absolute Gasteiger partial charge is 0.238 e. The van der Waals surface area contributed by atoms with Gasteiger partial charge in [0.1, 0.15) is 0 Å². The van der Waals surface area contributed by atoms with Gasteiger partial charge in [-0.05, 0) is 37.9 Å². The maximum Gasteiger partial charge on any atom is 0.238 e. The van der Waals surface area contributed by atoms with Crippen LogP contribution < -0.4 is 11.1 Å². The van der Waals surface area contributed by atoms with Crippen LogP contribution in [0.2, 0.25) is 0 Å². The van der Waals surface area contributed by atoms with Crippen molar-refractivity contribution < 1.29 is 9.53 Å². The van der Waals surface area contributed by atoms with Crippen molar-refractivity contribution in [1.82, 2.24) is 4.90 Å². The predicted molar refractivity (Wildman–Crippen MR) is 80.5 cm³/mol. The molecule has 1 aliphatic carbocycles. The molecule has 0 bridgehead atoms. The third kappa shape index (κ3) is 5.19. The number of hydrogen-bond donors (Lipinski definition) is 2. The summed E-state index contributed by atoms with van der Waals surface area (Å²) in [5.41, 5.74) is 7.03. The van der Waals surface area contributed by atoms with E-state index in [4.69, 9.17) is 10.5 Å². The SMILES string of the molecule is CN(CCOCC1CC1)CC(=O)Nc1ccccc1N. The topological polar surface area (TPSA) is 67.6 Å². The van der Waals surface area contributed by atoms with Crippen LogP contribution in [0, 0.1) is 5.92 Å². The van der Waals surface area contributed by atoms with Gasteiger partial charge in [0, 0.05) is 13.2 Å². The van der Waals surface area contributed by atoms with Gasteiger partial charge in [0.15, 0.2) is 0 Å². The van der Waals surface area contributed by atoms with Crippen LogP contribution in [0.3, 0.4) is 0 Å². The molecular weight excluding hydrogens is 254 g/mol. The van der Waals surface area contributed by atoms with Crippen molar-refractivity contribution in [2.75, 3.05) is 44.4 Å². The quantitative estimate of drug-likeness (QED) is 0.559. The average molecular weight is 277 g/mol. The Morgan fingerprint density at radius 1 is 1.45 bits per heavy atom. The van der Waals surface area contributed by atoms with E-state index in [1.54, 1.807) is 12.1 Å². The van der Waals surface area contributed by atoms with Crippen LogP contribution in [0.5, 0.6) is 0 Å². The largest absolute Gasteiger partial charge is 0.397 e. The molecule has 1 fully saturated rings. The number of nitrogens with zero attached hydrogens (tertiary/aromatic N) is 1. The monoisotopic (exact) mass is 277 g/mol. The fraction of sp³-hybridized carbons (Fsp3) is 0.533. The van der Waals surface area contributed by atoms with Gasteiger partial charge in [0.2, 0.25) is 5.91 Å². The van der Waals surface area contributed by atoms with Crippen molar-refractivity contribution in [2.24, 2.45) is 5.92 Å². The Hall–Kier alpha value is -1.59. The summed E-state index contributed by atoms with van der Waals surface area (Å²) < 4.78 is 5.55. The van der Waals surface area contributed by atoms with Crippen molar-refractivity contribution in [1.29, 1.82) is 0 Å². The molecule has 1 aromatic carbocycles. The van der Waals surface area contributed by atoms with Crippen molar-refractivity contribution >= 4 is 17.3 Å². The molecule has 5 heteroatoms. The summed E-state index contributed by atoms with van der Waals surface area (Å²) in [5, 5.41) is 2.81. The summed E-state index contributed by atoms with van der Waals surface area (Å²) in [7, 11) is 1.91. The van der Waals surface area contributed by atoms with Crippen LogP contribution in [-0.4, -0.2) is 44.2 Å². The van der Waals surface area contributed by atoms with Crippen LogP contribution in [0.1, 0.15) is 12.8 Å². The summed E-state index contributed by atoms with van der Waals surface area (Å²) in [5.74, 6) is 0.720. The molecule has 5 nitrogen and oxygen atoms in total. The molecular formula is C15H23N3O2. The Balaban J connectivity index is 1.63. The van der Waals surface area contributed by atoms with Crippen LogP contribution >= 0.6 is 0 Å². The summed E-state index contributed by atoms with van der Waals surface area (Å²) in [6.07, 6.45) is 2.60. The lowest BCUT2D eigenvalue weighted by atomic mass is 10.2. The summed E-state index contributed by atoms with van der Waals surface area (Å²) >= 11 is 0. The molecule has 20 heavy (non-hydrogen) atoms. The highest BCUT2D eigenvalue weighted by Crippen LogP contribution is 2.28. The van der Waals surface area contributed by atoms with Gasteiger partial charge < -0.3 is 15.8 Å². The number of amides is 1. The molecule has 0 atom stereocenters. The molecule has 0 aromatic heterocycles. The number of ether oxygens (including phenoxy) is 1. The Bertz CT molecular complexity index is 446. The molecule has 1 aliphatic rings. The van der Waals surface area contributed by atoms with E-state index in [2.05, 4.69) is 5.32 Å². The minimum atomic E-state index is -0.0624. The summed E-state index contributed by atoms with van der Waals surface area (Å²) in [4.78, 5) is 13.8. The molecule has 1 amide bonds. The van der Waals surface area contributed by atoms with Gasteiger partial charge in [0.25, 0.3) is 0 Å². The normalized spacial score (nSPS) is 14.5. The average Bonchev–Trinajstić information content (AvgIpc) is 3.21. The number of benzene rings is 1. The second kappa shape index (κ2) is 7.26. The van der Waals surface area contributed by atoms with Gasteiger partial charge in [-0.2, -0.15) is 0 Å². The number of hydrogen-bond acceptors (Lipinski definition) is 4. The number of nitrogens with one attached hydrogen (secondary N) is 1. The van der Waals surface area contributed by atoms with E-state index in [1.165, 1.54) is 12.8 Å². The Labute approximate surface area is 120 Å². The van der Waals surface area contributed by atoms with Gasteiger partial charge in [-0.3, -0.25) is 9.69 Å². The Morgan fingerprint density at radius 2 is 2.20 bits per heavy atom. The first kappa shape index (κ1) is 14.8. The molecule has 0 unspecified atom stereocenters. The standard InChI is InChI=1S/C15H23N3O2/c1-18(8-9-20-11-12-6-7-12)10-15(19)17-14-5-3-2-4-13(14)16/h2-5,12H,6-11,16H2,1H3,(H,17,19). The highest BCUT2D eigenvalue weighted by Gasteiger charge is 2.21. The van der Waals surface area contributed by atoms with Crippen molar-refractivity contribution in [2.45, 2.75) is 12.8 Å². The zero-order chi connectivity index (χ0) is 14.4. The van der Waals surface area contributed by atoms with Crippen LogP contribution in [0.15, 0.2) is 24.3 Å². The van der Waals surface area contributed by atoms with Gasteiger partial charge in [0.05, 0.1) is 24.5 Å². The molecule has 0 radical (unpaired) electrons. The zero-order valence-electron chi connectivity index (χ0n) is 12.0. The lowest BCUT2D eigenvalue weighted by Gasteiger charge is -2.16. The predicted octanol–water partition coefficient (Wildman–Crippen LogP) is 1.57. The maximum atomic E-state index is 11.9. The fourth-order valence-electron chi connectivity index (χ4n) is 1.88. The molecule has 110 valence electrons. The van der Waals surface area contributed by atoms with Gasteiger partial charge in [-0.1, -0.05) is 12.1 Å². The molecule has 2 rings (SSSR count). The third-order valence-electron chi connectivity index (χ3n) is 3.32. The number of anilines is 2. The number of carbonyl (C=O) groups is 1. The van der Waals surface area contributed by atoms with E-state index >= 15 is 0 Å². The van der Waals surface area contributed by atoms with E-state index in [9.17, 15) is 4.79 Å². The first-order chi connectivity index (χ1) is 9.65. The van der Waals surface area contributed by atoms with E-state index < -0.39 is 0 Å². The highest BCUT2D eigenvalue weighted by molar-refractivity contribution is 5.95. The summed E-state index contributed by atoms with van der Waals surface area (Å²) in [6, 6.07) is 7.26. The number of carbonyl (C=O) groups excluding carboxylic acids is 1. The molecule has 1 saturated carbocycles. The van der Waals surface area contributed by atoms with Crippen LogP contribution in [-0.2, 0) is 9.53 Å². The number of nitrogen functional groups attached to an aromatic ring is 1. The minimum absolute atomic E-state index is 0.0624. The maximum absolute atomic E-state index is 11.9.